The molecular formula is C52H31NO2S. The van der Waals surface area contributed by atoms with E-state index in [2.05, 4.69) is 181 Å². The molecule has 0 fully saturated rings. The predicted molar refractivity (Wildman–Crippen MR) is 237 cm³/mol. The molecular weight excluding hydrogens is 703 g/mol. The van der Waals surface area contributed by atoms with E-state index in [0.717, 1.165) is 77.5 Å². The van der Waals surface area contributed by atoms with Gasteiger partial charge >= 0.3 is 0 Å². The first-order chi connectivity index (χ1) is 27.7. The molecule has 0 unspecified atom stereocenters. The molecule has 0 saturated carbocycles. The molecule has 0 bridgehead atoms. The van der Waals surface area contributed by atoms with Crippen molar-refractivity contribution in [3.05, 3.63) is 188 Å². The number of para-hydroxylation sites is 2. The maximum Gasteiger partial charge on any atom is 0.144 e. The van der Waals surface area contributed by atoms with Crippen molar-refractivity contribution in [2.24, 2.45) is 0 Å². The van der Waals surface area contributed by atoms with Gasteiger partial charge in [0.25, 0.3) is 0 Å². The highest BCUT2D eigenvalue weighted by Gasteiger charge is 2.22. The highest BCUT2D eigenvalue weighted by molar-refractivity contribution is 7.26. The summed E-state index contributed by atoms with van der Waals surface area (Å²) < 4.78 is 15.6. The lowest BCUT2D eigenvalue weighted by Crippen LogP contribution is -2.10. The first kappa shape index (κ1) is 31.2. The van der Waals surface area contributed by atoms with E-state index in [9.17, 15) is 0 Å². The summed E-state index contributed by atoms with van der Waals surface area (Å²) in [6, 6.07) is 67.2. The molecule has 0 aliphatic rings. The second-order valence-corrected chi connectivity index (χ2v) is 15.5. The number of hydrogen-bond donors (Lipinski definition) is 0. The Kier molecular flexibility index (Phi) is 6.80. The van der Waals surface area contributed by atoms with Gasteiger partial charge in [0, 0.05) is 54.0 Å². The highest BCUT2D eigenvalue weighted by atomic mass is 32.1. The minimum atomic E-state index is 0.904. The number of thiophene rings is 1. The number of furan rings is 2. The summed E-state index contributed by atoms with van der Waals surface area (Å²) in [5.41, 5.74) is 11.5. The molecule has 12 rings (SSSR count). The van der Waals surface area contributed by atoms with Crippen LogP contribution in [0.5, 0.6) is 0 Å². The van der Waals surface area contributed by atoms with Gasteiger partial charge in [0.1, 0.15) is 22.3 Å². The summed E-state index contributed by atoms with van der Waals surface area (Å²) in [6.07, 6.45) is 0. The van der Waals surface area contributed by atoms with Crippen LogP contribution in [0.2, 0.25) is 0 Å². The van der Waals surface area contributed by atoms with E-state index in [1.54, 1.807) is 0 Å². The fourth-order valence-corrected chi connectivity index (χ4v) is 9.81. The van der Waals surface area contributed by atoms with Gasteiger partial charge in [0.2, 0.25) is 0 Å². The van der Waals surface area contributed by atoms with Gasteiger partial charge in [-0.05, 0) is 88.1 Å². The molecule has 56 heavy (non-hydrogen) atoms. The van der Waals surface area contributed by atoms with Gasteiger partial charge in [-0.15, -0.1) is 11.3 Å². The maximum absolute atomic E-state index is 6.76. The van der Waals surface area contributed by atoms with Crippen molar-refractivity contribution in [3.63, 3.8) is 0 Å². The molecule has 0 N–H and O–H groups in total. The van der Waals surface area contributed by atoms with E-state index >= 15 is 0 Å². The molecule has 0 aliphatic heterocycles. The molecule has 3 nitrogen and oxygen atoms in total. The molecule has 262 valence electrons. The quantitative estimate of drug-likeness (QED) is 0.176. The molecule has 4 heteroatoms. The first-order valence-corrected chi connectivity index (χ1v) is 19.7. The zero-order valence-corrected chi connectivity index (χ0v) is 30.9. The Morgan fingerprint density at radius 3 is 1.98 bits per heavy atom. The summed E-state index contributed by atoms with van der Waals surface area (Å²) in [7, 11) is 0. The lowest BCUT2D eigenvalue weighted by Gasteiger charge is -2.27. The molecule has 0 amide bonds. The van der Waals surface area contributed by atoms with E-state index in [1.165, 1.54) is 36.7 Å². The van der Waals surface area contributed by atoms with E-state index < -0.39 is 0 Å². The summed E-state index contributed by atoms with van der Waals surface area (Å²) in [6.45, 7) is 0. The predicted octanol–water partition coefficient (Wildman–Crippen LogP) is 15.8. The lowest BCUT2D eigenvalue weighted by molar-refractivity contribution is 0.670. The van der Waals surface area contributed by atoms with Crippen LogP contribution in [0.15, 0.2) is 197 Å². The SMILES string of the molecule is c1ccc(-c2cccc(N(c3ccc(-c4cccc5c4oc4ccccc45)cc3)c3cccc4c3sc3ccc5c6cc7ccccc7cc6oc5c34)c2)cc1. The van der Waals surface area contributed by atoms with Crippen LogP contribution in [-0.2, 0) is 0 Å². The number of rotatable bonds is 5. The zero-order valence-electron chi connectivity index (χ0n) is 30.1. The minimum Gasteiger partial charge on any atom is -0.455 e. The van der Waals surface area contributed by atoms with E-state index in [0.29, 0.717) is 0 Å². The normalized spacial score (nSPS) is 11.9. The molecule has 9 aromatic carbocycles. The third kappa shape index (κ3) is 4.76. The van der Waals surface area contributed by atoms with E-state index in [1.807, 2.05) is 23.5 Å². The summed E-state index contributed by atoms with van der Waals surface area (Å²) in [5.74, 6) is 0. The maximum atomic E-state index is 6.76. The van der Waals surface area contributed by atoms with Crippen LogP contribution in [0.4, 0.5) is 17.1 Å². The van der Waals surface area contributed by atoms with E-state index in [-0.39, 0.29) is 0 Å². The molecule has 0 spiro atoms. The average Bonchev–Trinajstić information content (AvgIpc) is 3.95. The molecule has 3 heterocycles. The van der Waals surface area contributed by atoms with Crippen LogP contribution in [0.25, 0.3) is 97.1 Å². The van der Waals surface area contributed by atoms with E-state index in [4.69, 9.17) is 8.83 Å². The van der Waals surface area contributed by atoms with Crippen LogP contribution >= 0.6 is 11.3 Å². The highest BCUT2D eigenvalue weighted by Crippen LogP contribution is 2.48. The van der Waals surface area contributed by atoms with Crippen molar-refractivity contribution in [1.82, 2.24) is 0 Å². The standard InChI is InChI=1S/C52H31NO2S/c1-2-11-32(12-3-1)34-15-8-16-38(29-34)53(37-25-23-33(24-26-37)39-18-9-19-41-40-17-6-7-22-46(40)54-50(39)41)45-21-10-20-43-49-48(56-52(43)45)28-27-42-44-30-35-13-4-5-14-36(35)31-47(44)55-51(42)49/h1-31H. The lowest BCUT2D eigenvalue weighted by atomic mass is 10.0. The fourth-order valence-electron chi connectivity index (χ4n) is 8.61. The van der Waals surface area contributed by atoms with Crippen molar-refractivity contribution in [3.8, 4) is 22.3 Å². The van der Waals surface area contributed by atoms with Crippen molar-refractivity contribution in [2.45, 2.75) is 0 Å². The molecule has 0 saturated heterocycles. The number of nitrogens with zero attached hydrogens (tertiary/aromatic N) is 1. The van der Waals surface area contributed by atoms with Crippen molar-refractivity contribution in [2.75, 3.05) is 4.90 Å². The Morgan fingerprint density at radius 1 is 0.393 bits per heavy atom. The summed E-state index contributed by atoms with van der Waals surface area (Å²) >= 11 is 1.82. The number of fused-ring (bicyclic) bond motifs is 11. The number of benzene rings is 9. The Balaban J connectivity index is 1.06. The number of hydrogen-bond acceptors (Lipinski definition) is 4. The number of anilines is 3. The third-order valence-corrected chi connectivity index (χ3v) is 12.4. The average molecular weight is 734 g/mol. The smallest absolute Gasteiger partial charge is 0.144 e. The first-order valence-electron chi connectivity index (χ1n) is 18.9. The minimum absolute atomic E-state index is 0.904. The van der Waals surface area contributed by atoms with Crippen LogP contribution in [0, 0.1) is 0 Å². The monoisotopic (exact) mass is 733 g/mol. The molecule has 0 radical (unpaired) electrons. The Hall–Kier alpha value is -7.14. The molecule has 0 atom stereocenters. The molecule has 12 aromatic rings. The van der Waals surface area contributed by atoms with Crippen molar-refractivity contribution >= 4 is 103 Å². The second-order valence-electron chi connectivity index (χ2n) is 14.4. The zero-order chi connectivity index (χ0) is 36.7. The third-order valence-electron chi connectivity index (χ3n) is 11.2. The van der Waals surface area contributed by atoms with Crippen LogP contribution in [-0.4, -0.2) is 0 Å². The topological polar surface area (TPSA) is 29.5 Å². The van der Waals surface area contributed by atoms with Crippen LogP contribution in [0.1, 0.15) is 0 Å². The van der Waals surface area contributed by atoms with Gasteiger partial charge in [-0.25, -0.2) is 0 Å². The van der Waals surface area contributed by atoms with Gasteiger partial charge in [-0.3, -0.25) is 0 Å². The Morgan fingerprint density at radius 2 is 1.09 bits per heavy atom. The second kappa shape index (κ2) is 12.2. The van der Waals surface area contributed by atoms with Crippen molar-refractivity contribution in [1.29, 1.82) is 0 Å². The Labute approximate surface area is 325 Å². The van der Waals surface area contributed by atoms with Gasteiger partial charge in [-0.2, -0.15) is 0 Å². The largest absolute Gasteiger partial charge is 0.455 e. The van der Waals surface area contributed by atoms with Crippen LogP contribution in [0.3, 0.4) is 0 Å². The summed E-state index contributed by atoms with van der Waals surface area (Å²) in [5, 5.41) is 9.31. The Bertz CT molecular complexity index is 3480. The van der Waals surface area contributed by atoms with Gasteiger partial charge in [0.15, 0.2) is 0 Å². The summed E-state index contributed by atoms with van der Waals surface area (Å²) in [4.78, 5) is 2.40. The van der Waals surface area contributed by atoms with Gasteiger partial charge in [0.05, 0.1) is 10.4 Å². The van der Waals surface area contributed by atoms with Gasteiger partial charge < -0.3 is 13.7 Å². The molecule has 0 aliphatic carbocycles. The fraction of sp³-hybridized carbons (Fsp3) is 0. The molecule has 3 aromatic heterocycles. The van der Waals surface area contributed by atoms with Gasteiger partial charge in [-0.1, -0.05) is 127 Å². The van der Waals surface area contributed by atoms with Crippen LogP contribution < -0.4 is 4.90 Å². The van der Waals surface area contributed by atoms with Crippen molar-refractivity contribution < 1.29 is 8.83 Å².